The number of ether oxygens (including phenoxy) is 1. The van der Waals surface area contributed by atoms with E-state index in [1.807, 2.05) is 18.2 Å². The van der Waals surface area contributed by atoms with Crippen molar-refractivity contribution in [3.05, 3.63) is 65.7 Å². The van der Waals surface area contributed by atoms with Crippen molar-refractivity contribution in [3.8, 4) is 0 Å². The summed E-state index contributed by atoms with van der Waals surface area (Å²) in [5.41, 5.74) is 0.561. The molecule has 0 aliphatic rings. The number of nitrogens with one attached hydrogen (secondary N) is 1. The summed E-state index contributed by atoms with van der Waals surface area (Å²) in [5, 5.41) is 22.6. The molecule has 0 saturated carbocycles. The Bertz CT molecular complexity index is 859. The van der Waals surface area contributed by atoms with Crippen LogP contribution in [0.15, 0.2) is 59.5 Å². The second-order valence-corrected chi connectivity index (χ2v) is 7.08. The number of rotatable bonds is 8. The van der Waals surface area contributed by atoms with Crippen molar-refractivity contribution in [1.82, 2.24) is 5.32 Å². The summed E-state index contributed by atoms with van der Waals surface area (Å²) in [5.74, 6) is 0. The summed E-state index contributed by atoms with van der Waals surface area (Å²) < 4.78 is 40.6. The number of hydrogen-bond acceptors (Lipinski definition) is 6. The number of halogens is 1. The second kappa shape index (κ2) is 9.45. The van der Waals surface area contributed by atoms with Crippen molar-refractivity contribution < 1.29 is 32.0 Å². The number of alkyl carbamates (subject to hydrolysis) is 1. The molecule has 1 amide bonds. The molecule has 2 aromatic rings. The molecule has 2 aromatic carbocycles. The summed E-state index contributed by atoms with van der Waals surface area (Å²) in [7, 11) is -5.04. The second-order valence-electron chi connectivity index (χ2n) is 5.77. The molecule has 0 spiro atoms. The van der Waals surface area contributed by atoms with E-state index >= 15 is 0 Å². The zero-order chi connectivity index (χ0) is 19.9. The zero-order valence-electron chi connectivity index (χ0n) is 14.3. The van der Waals surface area contributed by atoms with Gasteiger partial charge >= 0.3 is 16.3 Å². The van der Waals surface area contributed by atoms with Gasteiger partial charge in [0, 0.05) is 12.1 Å². The Labute approximate surface area is 156 Å². The highest BCUT2D eigenvalue weighted by Crippen LogP contribution is 2.27. The van der Waals surface area contributed by atoms with Crippen LogP contribution in [0.4, 0.5) is 8.68 Å². The van der Waals surface area contributed by atoms with Gasteiger partial charge in [-0.1, -0.05) is 48.5 Å². The average Bonchev–Trinajstić information content (AvgIpc) is 2.66. The number of carbonyl (C=O) groups is 1. The van der Waals surface area contributed by atoms with Crippen LogP contribution < -0.4 is 5.32 Å². The predicted molar refractivity (Wildman–Crippen MR) is 94.9 cm³/mol. The Morgan fingerprint density at radius 2 is 1.70 bits per heavy atom. The first kappa shape index (κ1) is 20.8. The molecular weight excluding hydrogens is 377 g/mol. The van der Waals surface area contributed by atoms with Crippen LogP contribution in [0.2, 0.25) is 0 Å². The summed E-state index contributed by atoms with van der Waals surface area (Å²) in [6, 6.07) is 14.0. The van der Waals surface area contributed by atoms with E-state index in [4.69, 9.17) is 4.74 Å². The van der Waals surface area contributed by atoms with Crippen LogP contribution in [-0.4, -0.2) is 37.4 Å². The van der Waals surface area contributed by atoms with E-state index in [2.05, 4.69) is 5.32 Å². The Balaban J connectivity index is 1.83. The number of benzene rings is 2. The maximum atomic E-state index is 13.3. The van der Waals surface area contributed by atoms with Crippen LogP contribution in [-0.2, 0) is 21.6 Å². The van der Waals surface area contributed by atoms with E-state index in [1.165, 1.54) is 18.2 Å². The maximum Gasteiger partial charge on any atom is 0.407 e. The Kier molecular flexibility index (Phi) is 7.28. The highest BCUT2D eigenvalue weighted by atomic mass is 32.3. The van der Waals surface area contributed by atoms with Gasteiger partial charge in [0.2, 0.25) is 0 Å². The largest absolute Gasteiger partial charge is 0.445 e. The normalized spacial score (nSPS) is 13.6. The van der Waals surface area contributed by atoms with Gasteiger partial charge in [-0.15, -0.1) is 3.89 Å². The Morgan fingerprint density at radius 3 is 2.37 bits per heavy atom. The lowest BCUT2D eigenvalue weighted by Gasteiger charge is -2.19. The first-order chi connectivity index (χ1) is 12.8. The molecule has 0 saturated heterocycles. The number of aliphatic hydroxyl groups is 2. The number of amides is 1. The van der Waals surface area contributed by atoms with E-state index in [0.717, 1.165) is 11.6 Å². The molecule has 2 atom stereocenters. The third-order valence-electron chi connectivity index (χ3n) is 3.79. The fourth-order valence-electron chi connectivity index (χ4n) is 2.41. The molecule has 0 fully saturated rings. The van der Waals surface area contributed by atoms with Gasteiger partial charge in [-0.2, -0.15) is 8.42 Å². The summed E-state index contributed by atoms with van der Waals surface area (Å²) in [6.45, 7) is 0.0516. The van der Waals surface area contributed by atoms with Crippen molar-refractivity contribution in [2.45, 2.75) is 30.1 Å². The lowest BCUT2D eigenvalue weighted by molar-refractivity contribution is 0.0120. The topological polar surface area (TPSA) is 113 Å². The fraction of sp³-hybridized carbons (Fsp3) is 0.278. The molecule has 2 rings (SSSR count). The highest BCUT2D eigenvalue weighted by Gasteiger charge is 2.26. The first-order valence-electron chi connectivity index (χ1n) is 8.13. The van der Waals surface area contributed by atoms with Crippen molar-refractivity contribution in [2.24, 2.45) is 0 Å². The Morgan fingerprint density at radius 1 is 1.07 bits per heavy atom. The van der Waals surface area contributed by atoms with Gasteiger partial charge in [-0.3, -0.25) is 0 Å². The molecular formula is C18H20FNO6S. The molecule has 0 heterocycles. The van der Waals surface area contributed by atoms with Crippen LogP contribution in [0.1, 0.15) is 23.7 Å². The molecule has 0 bridgehead atoms. The maximum absolute atomic E-state index is 13.3. The van der Waals surface area contributed by atoms with E-state index < -0.39 is 33.4 Å². The number of carbonyl (C=O) groups excluding carboxylic acids is 1. The monoisotopic (exact) mass is 397 g/mol. The standard InChI is InChI=1S/C18H20FNO6S/c19-27(24,25)16-9-5-4-8-14(16)17(22)15(21)10-11-20-18(23)26-12-13-6-2-1-3-7-13/h1-9,15,17,21-22H,10-12H2,(H,20,23). The van der Waals surface area contributed by atoms with E-state index in [0.29, 0.717) is 0 Å². The van der Waals surface area contributed by atoms with Crippen molar-refractivity contribution in [2.75, 3.05) is 6.54 Å². The van der Waals surface area contributed by atoms with Crippen LogP contribution in [0.25, 0.3) is 0 Å². The van der Waals surface area contributed by atoms with Crippen LogP contribution >= 0.6 is 0 Å². The van der Waals surface area contributed by atoms with Gasteiger partial charge < -0.3 is 20.3 Å². The van der Waals surface area contributed by atoms with Gasteiger partial charge in [-0.25, -0.2) is 4.79 Å². The molecule has 0 aromatic heterocycles. The minimum atomic E-state index is -5.04. The molecule has 27 heavy (non-hydrogen) atoms. The van der Waals surface area contributed by atoms with Gasteiger partial charge in [0.1, 0.15) is 17.6 Å². The van der Waals surface area contributed by atoms with Crippen molar-refractivity contribution in [3.63, 3.8) is 0 Å². The summed E-state index contributed by atoms with van der Waals surface area (Å²) in [4.78, 5) is 10.9. The van der Waals surface area contributed by atoms with Crippen LogP contribution in [0.5, 0.6) is 0 Å². The quantitative estimate of drug-likeness (QED) is 0.588. The van der Waals surface area contributed by atoms with Gasteiger partial charge in [-0.05, 0) is 18.1 Å². The lowest BCUT2D eigenvalue weighted by atomic mass is 10.0. The number of hydrogen-bond donors (Lipinski definition) is 3. The van der Waals surface area contributed by atoms with Crippen molar-refractivity contribution in [1.29, 1.82) is 0 Å². The van der Waals surface area contributed by atoms with Gasteiger partial charge in [0.15, 0.2) is 0 Å². The molecule has 3 N–H and O–H groups in total. The van der Waals surface area contributed by atoms with Crippen LogP contribution in [0, 0.1) is 0 Å². The lowest BCUT2D eigenvalue weighted by Crippen LogP contribution is -2.30. The van der Waals surface area contributed by atoms with Crippen LogP contribution in [0.3, 0.4) is 0 Å². The number of aliphatic hydroxyl groups excluding tert-OH is 2. The SMILES string of the molecule is O=C(NCCC(O)C(O)c1ccccc1S(=O)(=O)F)OCc1ccccc1. The minimum absolute atomic E-state index is 0.0314. The first-order valence-corrected chi connectivity index (χ1v) is 9.51. The molecule has 0 aliphatic heterocycles. The third-order valence-corrected chi connectivity index (χ3v) is 4.68. The summed E-state index contributed by atoms with van der Waals surface area (Å²) in [6.07, 6.45) is -3.84. The molecule has 0 radical (unpaired) electrons. The minimum Gasteiger partial charge on any atom is -0.445 e. The van der Waals surface area contributed by atoms with E-state index in [1.54, 1.807) is 12.1 Å². The van der Waals surface area contributed by atoms with E-state index in [9.17, 15) is 27.3 Å². The molecule has 0 aliphatic carbocycles. The van der Waals surface area contributed by atoms with Gasteiger partial charge in [0.05, 0.1) is 6.10 Å². The predicted octanol–water partition coefficient (Wildman–Crippen LogP) is 2.06. The molecule has 7 nitrogen and oxygen atoms in total. The average molecular weight is 397 g/mol. The zero-order valence-corrected chi connectivity index (χ0v) is 15.1. The fourth-order valence-corrected chi connectivity index (χ4v) is 3.12. The van der Waals surface area contributed by atoms with E-state index in [-0.39, 0.29) is 25.1 Å². The molecule has 2 unspecified atom stereocenters. The van der Waals surface area contributed by atoms with Crippen molar-refractivity contribution >= 4 is 16.3 Å². The Hall–Kier alpha value is -2.49. The highest BCUT2D eigenvalue weighted by molar-refractivity contribution is 7.86. The summed E-state index contributed by atoms with van der Waals surface area (Å²) >= 11 is 0. The third kappa shape index (κ3) is 6.31. The molecule has 9 heteroatoms. The smallest absolute Gasteiger partial charge is 0.407 e. The van der Waals surface area contributed by atoms with Gasteiger partial charge in [0.25, 0.3) is 0 Å². The molecule has 146 valence electrons.